The summed E-state index contributed by atoms with van der Waals surface area (Å²) in [5.74, 6) is 0. The van der Waals surface area contributed by atoms with Gasteiger partial charge in [0.25, 0.3) is 5.56 Å². The lowest BCUT2D eigenvalue weighted by molar-refractivity contribution is -0.0421. The van der Waals surface area contributed by atoms with Crippen molar-refractivity contribution >= 4 is 5.69 Å². The van der Waals surface area contributed by atoms with Crippen molar-refractivity contribution in [1.29, 1.82) is 0 Å². The van der Waals surface area contributed by atoms with Gasteiger partial charge in [0.2, 0.25) is 0 Å². The van der Waals surface area contributed by atoms with E-state index in [-0.39, 0.29) is 24.4 Å². The van der Waals surface area contributed by atoms with Crippen molar-refractivity contribution < 1.29 is 9.84 Å². The van der Waals surface area contributed by atoms with Gasteiger partial charge in [0.05, 0.1) is 30.7 Å². The predicted octanol–water partition coefficient (Wildman–Crippen LogP) is -0.644. The van der Waals surface area contributed by atoms with Gasteiger partial charge in [0, 0.05) is 19.2 Å². The van der Waals surface area contributed by atoms with Gasteiger partial charge in [-0.15, -0.1) is 0 Å². The third-order valence-corrected chi connectivity index (χ3v) is 2.55. The fourth-order valence-electron chi connectivity index (χ4n) is 1.90. The molecule has 1 aromatic heterocycles. The minimum absolute atomic E-state index is 0.0164. The Morgan fingerprint density at radius 3 is 3.19 bits per heavy atom. The van der Waals surface area contributed by atoms with Crippen LogP contribution in [-0.2, 0) is 4.74 Å². The molecule has 0 aromatic carbocycles. The first-order valence-corrected chi connectivity index (χ1v) is 5.25. The Morgan fingerprint density at radius 1 is 1.69 bits per heavy atom. The van der Waals surface area contributed by atoms with E-state index < -0.39 is 0 Å². The third kappa shape index (κ3) is 2.40. The monoisotopic (exact) mass is 225 g/mol. The van der Waals surface area contributed by atoms with Crippen LogP contribution in [0.1, 0.15) is 6.92 Å². The molecule has 16 heavy (non-hydrogen) atoms. The first-order valence-electron chi connectivity index (χ1n) is 5.25. The lowest BCUT2D eigenvalue weighted by Crippen LogP contribution is -2.48. The average molecular weight is 225 g/mol. The van der Waals surface area contributed by atoms with E-state index in [0.29, 0.717) is 13.1 Å². The minimum Gasteiger partial charge on any atom is -0.394 e. The van der Waals surface area contributed by atoms with Crippen molar-refractivity contribution in [2.45, 2.75) is 19.1 Å². The molecule has 0 radical (unpaired) electrons. The van der Waals surface area contributed by atoms with Gasteiger partial charge in [-0.1, -0.05) is 0 Å². The maximum atomic E-state index is 11.1. The van der Waals surface area contributed by atoms with Gasteiger partial charge >= 0.3 is 0 Å². The second kappa shape index (κ2) is 4.63. The van der Waals surface area contributed by atoms with E-state index in [1.165, 1.54) is 6.07 Å². The fraction of sp³-hybridized carbons (Fsp3) is 0.600. The van der Waals surface area contributed by atoms with Crippen molar-refractivity contribution in [3.8, 4) is 0 Å². The summed E-state index contributed by atoms with van der Waals surface area (Å²) in [5.41, 5.74) is 0.537. The molecule has 2 rings (SSSR count). The van der Waals surface area contributed by atoms with Crippen LogP contribution in [0.15, 0.2) is 17.1 Å². The van der Waals surface area contributed by atoms with Crippen LogP contribution in [0.4, 0.5) is 5.69 Å². The minimum atomic E-state index is -0.225. The zero-order valence-electron chi connectivity index (χ0n) is 9.09. The first kappa shape index (κ1) is 11.1. The van der Waals surface area contributed by atoms with Crippen LogP contribution in [0.25, 0.3) is 0 Å². The summed E-state index contributed by atoms with van der Waals surface area (Å²) < 4.78 is 5.52. The van der Waals surface area contributed by atoms with Crippen LogP contribution in [0.2, 0.25) is 0 Å². The number of aliphatic hydroxyl groups excluding tert-OH is 1. The van der Waals surface area contributed by atoms with Crippen molar-refractivity contribution in [3.63, 3.8) is 0 Å². The van der Waals surface area contributed by atoms with Crippen molar-refractivity contribution in [3.05, 3.63) is 22.6 Å². The Morgan fingerprint density at radius 2 is 2.50 bits per heavy atom. The molecule has 2 N–H and O–H groups in total. The van der Waals surface area contributed by atoms with E-state index in [9.17, 15) is 4.79 Å². The Balaban J connectivity index is 2.17. The van der Waals surface area contributed by atoms with Gasteiger partial charge in [-0.2, -0.15) is 5.10 Å². The highest BCUT2D eigenvalue weighted by molar-refractivity contribution is 5.43. The molecule has 0 aliphatic carbocycles. The van der Waals surface area contributed by atoms with Crippen LogP contribution in [-0.4, -0.2) is 47.2 Å². The Kier molecular flexibility index (Phi) is 3.21. The normalized spacial score (nSPS) is 25.8. The zero-order chi connectivity index (χ0) is 11.5. The van der Waals surface area contributed by atoms with E-state index >= 15 is 0 Å². The van der Waals surface area contributed by atoms with Crippen molar-refractivity contribution in [2.24, 2.45) is 0 Å². The molecular formula is C10H15N3O3. The van der Waals surface area contributed by atoms with E-state index in [0.717, 1.165) is 5.69 Å². The first-order chi connectivity index (χ1) is 7.69. The second-order valence-corrected chi connectivity index (χ2v) is 3.96. The number of nitrogens with zero attached hydrogens (tertiary/aromatic N) is 2. The number of aliphatic hydroxyl groups is 1. The van der Waals surface area contributed by atoms with Gasteiger partial charge < -0.3 is 14.7 Å². The van der Waals surface area contributed by atoms with Crippen LogP contribution in [0.3, 0.4) is 0 Å². The highest BCUT2D eigenvalue weighted by atomic mass is 16.5. The molecular weight excluding hydrogens is 210 g/mol. The summed E-state index contributed by atoms with van der Waals surface area (Å²) in [5, 5.41) is 15.2. The van der Waals surface area contributed by atoms with Crippen LogP contribution < -0.4 is 10.5 Å². The molecule has 1 fully saturated rings. The van der Waals surface area contributed by atoms with Crippen LogP contribution >= 0.6 is 0 Å². The molecule has 88 valence electrons. The zero-order valence-corrected chi connectivity index (χ0v) is 9.09. The number of anilines is 1. The number of aromatic amines is 1. The molecule has 0 bridgehead atoms. The lowest BCUT2D eigenvalue weighted by Gasteiger charge is -2.37. The molecule has 1 saturated heterocycles. The maximum absolute atomic E-state index is 11.1. The number of hydrogen-bond donors (Lipinski definition) is 2. The summed E-state index contributed by atoms with van der Waals surface area (Å²) in [6.07, 6.45) is 1.43. The fourth-order valence-corrected chi connectivity index (χ4v) is 1.90. The summed E-state index contributed by atoms with van der Waals surface area (Å²) in [6.45, 7) is 3.19. The highest BCUT2D eigenvalue weighted by Gasteiger charge is 2.25. The number of morpholine rings is 1. The average Bonchev–Trinajstić information content (AvgIpc) is 2.28. The topological polar surface area (TPSA) is 78.5 Å². The van der Waals surface area contributed by atoms with Crippen molar-refractivity contribution in [2.75, 3.05) is 24.6 Å². The number of H-pyrrole nitrogens is 1. The van der Waals surface area contributed by atoms with E-state index in [4.69, 9.17) is 9.84 Å². The summed E-state index contributed by atoms with van der Waals surface area (Å²) in [6, 6.07) is 1.50. The second-order valence-electron chi connectivity index (χ2n) is 3.96. The van der Waals surface area contributed by atoms with Crippen molar-refractivity contribution in [1.82, 2.24) is 10.2 Å². The Hall–Kier alpha value is -1.40. The summed E-state index contributed by atoms with van der Waals surface area (Å²) in [7, 11) is 0. The molecule has 0 saturated carbocycles. The third-order valence-electron chi connectivity index (χ3n) is 2.55. The maximum Gasteiger partial charge on any atom is 0.266 e. The SMILES string of the molecule is CC1CN(c2cn[nH]c(=O)c2)CC(CO)O1. The molecule has 2 unspecified atom stereocenters. The predicted molar refractivity (Wildman–Crippen MR) is 58.5 cm³/mol. The molecule has 1 aliphatic rings. The van der Waals surface area contributed by atoms with Crippen LogP contribution in [0.5, 0.6) is 0 Å². The lowest BCUT2D eigenvalue weighted by atomic mass is 10.2. The summed E-state index contributed by atoms with van der Waals surface area (Å²) in [4.78, 5) is 13.1. The number of rotatable bonds is 2. The number of hydrogen-bond acceptors (Lipinski definition) is 5. The molecule has 2 heterocycles. The Labute approximate surface area is 92.9 Å². The van der Waals surface area contributed by atoms with E-state index in [2.05, 4.69) is 10.2 Å². The molecule has 1 aliphatic heterocycles. The standard InChI is InChI=1S/C10H15N3O3/c1-7-4-13(5-9(6-14)16-7)8-2-10(15)12-11-3-8/h2-3,7,9,14H,4-6H2,1H3,(H,12,15). The van der Waals surface area contributed by atoms with Gasteiger partial charge in [-0.3, -0.25) is 4.79 Å². The molecule has 2 atom stereocenters. The smallest absolute Gasteiger partial charge is 0.266 e. The van der Waals surface area contributed by atoms with Gasteiger partial charge in [-0.05, 0) is 6.92 Å². The molecule has 6 heteroatoms. The van der Waals surface area contributed by atoms with E-state index in [1.54, 1.807) is 6.20 Å². The molecule has 0 amide bonds. The van der Waals surface area contributed by atoms with Crippen LogP contribution in [0, 0.1) is 0 Å². The highest BCUT2D eigenvalue weighted by Crippen LogP contribution is 2.17. The quantitative estimate of drug-likeness (QED) is 0.699. The molecule has 1 aromatic rings. The van der Waals surface area contributed by atoms with Gasteiger partial charge in [-0.25, -0.2) is 5.10 Å². The molecule has 6 nitrogen and oxygen atoms in total. The molecule has 0 spiro atoms. The number of aromatic nitrogens is 2. The van der Waals surface area contributed by atoms with E-state index in [1.807, 2.05) is 11.8 Å². The van der Waals surface area contributed by atoms with Gasteiger partial charge in [0.1, 0.15) is 0 Å². The summed E-state index contributed by atoms with van der Waals surface area (Å²) >= 11 is 0. The van der Waals surface area contributed by atoms with Gasteiger partial charge in [0.15, 0.2) is 0 Å². The number of ether oxygens (including phenoxy) is 1. The Bertz CT molecular complexity index is 406. The number of nitrogens with one attached hydrogen (secondary N) is 1. The largest absolute Gasteiger partial charge is 0.394 e.